The molecule has 2 fully saturated rings. The molecule has 0 N–H and O–H groups in total. The number of hydrogen-bond donors (Lipinski definition) is 0. The Balaban J connectivity index is 2.08. The summed E-state index contributed by atoms with van der Waals surface area (Å²) in [6.07, 6.45) is 13.6. The van der Waals surface area contributed by atoms with Crippen LogP contribution in [0.2, 0.25) is 0 Å². The Hall–Kier alpha value is -0.790. The highest BCUT2D eigenvalue weighted by molar-refractivity contribution is 5.81. The topological polar surface area (TPSA) is 26.3 Å². The van der Waals surface area contributed by atoms with Crippen molar-refractivity contribution in [3.63, 3.8) is 0 Å². The van der Waals surface area contributed by atoms with E-state index in [1.165, 1.54) is 57.4 Å². The van der Waals surface area contributed by atoms with Crippen molar-refractivity contribution in [3.8, 4) is 0 Å². The first-order valence-corrected chi connectivity index (χ1v) is 8.07. The molecule has 0 heterocycles. The molecule has 0 spiro atoms. The molecule has 0 aromatic heterocycles. The normalized spacial score (nSPS) is 33.7. The Morgan fingerprint density at radius 1 is 1.32 bits per heavy atom. The summed E-state index contributed by atoms with van der Waals surface area (Å²) in [6, 6.07) is 0. The van der Waals surface area contributed by atoms with Crippen molar-refractivity contribution < 1.29 is 9.53 Å². The van der Waals surface area contributed by atoms with Gasteiger partial charge in [0.2, 0.25) is 0 Å². The quantitative estimate of drug-likeness (QED) is 0.397. The van der Waals surface area contributed by atoms with E-state index in [0.717, 1.165) is 18.8 Å². The summed E-state index contributed by atoms with van der Waals surface area (Å²) in [4.78, 5) is 11.7. The van der Waals surface area contributed by atoms with Crippen LogP contribution in [0.3, 0.4) is 0 Å². The molecule has 2 aliphatic carbocycles. The molecule has 0 amide bonds. The Morgan fingerprint density at radius 2 is 2.11 bits per heavy atom. The maximum Gasteiger partial charge on any atom is 0.330 e. The van der Waals surface area contributed by atoms with Crippen LogP contribution in [0.15, 0.2) is 12.7 Å². The lowest BCUT2D eigenvalue weighted by atomic mass is 9.74. The van der Waals surface area contributed by atoms with E-state index in [9.17, 15) is 4.79 Å². The predicted molar refractivity (Wildman–Crippen MR) is 77.8 cm³/mol. The second-order valence-corrected chi connectivity index (χ2v) is 6.34. The third-order valence-corrected chi connectivity index (χ3v) is 5.20. The molecule has 3 atom stereocenters. The van der Waals surface area contributed by atoms with Crippen LogP contribution in [0.4, 0.5) is 0 Å². The molecular formula is C17H28O2. The van der Waals surface area contributed by atoms with Crippen LogP contribution in [0.1, 0.15) is 71.1 Å². The number of ether oxygens (including phenoxy) is 1. The van der Waals surface area contributed by atoms with Gasteiger partial charge in [-0.25, -0.2) is 4.79 Å². The average molecular weight is 264 g/mol. The van der Waals surface area contributed by atoms with E-state index in [2.05, 4.69) is 13.5 Å². The van der Waals surface area contributed by atoms with Crippen LogP contribution in [-0.4, -0.2) is 11.6 Å². The number of esters is 1. The molecule has 2 nitrogen and oxygen atoms in total. The fraction of sp³-hybridized carbons (Fsp3) is 0.824. The first kappa shape index (κ1) is 14.6. The molecule has 0 radical (unpaired) electrons. The molecule has 0 bridgehead atoms. The van der Waals surface area contributed by atoms with Crippen molar-refractivity contribution in [2.75, 3.05) is 0 Å². The van der Waals surface area contributed by atoms with Gasteiger partial charge in [-0.2, -0.15) is 0 Å². The molecule has 3 unspecified atom stereocenters. The van der Waals surface area contributed by atoms with E-state index in [4.69, 9.17) is 4.74 Å². The number of fused-ring (bicyclic) bond motifs is 1. The third kappa shape index (κ3) is 3.21. The zero-order valence-electron chi connectivity index (χ0n) is 12.3. The van der Waals surface area contributed by atoms with Crippen molar-refractivity contribution >= 4 is 5.97 Å². The van der Waals surface area contributed by atoms with Gasteiger partial charge in [-0.3, -0.25) is 0 Å². The van der Waals surface area contributed by atoms with Crippen molar-refractivity contribution in [1.29, 1.82) is 0 Å². The highest BCUT2D eigenvalue weighted by Gasteiger charge is 2.50. The smallest absolute Gasteiger partial charge is 0.330 e. The van der Waals surface area contributed by atoms with Gasteiger partial charge < -0.3 is 4.74 Å². The molecule has 2 rings (SSSR count). The summed E-state index contributed by atoms with van der Waals surface area (Å²) >= 11 is 0. The highest BCUT2D eigenvalue weighted by atomic mass is 16.6. The summed E-state index contributed by atoms with van der Waals surface area (Å²) < 4.78 is 5.91. The van der Waals surface area contributed by atoms with Gasteiger partial charge in [-0.05, 0) is 38.0 Å². The standard InChI is InChI=1S/C17H28O2/c1-3-5-8-12-17(19-16(18)4-2)13-11-14-9-6-7-10-15(14)17/h4,14-15H,2-3,5-13H2,1H3. The molecule has 2 saturated carbocycles. The van der Waals surface area contributed by atoms with Crippen LogP contribution in [0.25, 0.3) is 0 Å². The molecule has 0 saturated heterocycles. The predicted octanol–water partition coefficient (Wildman–Crippen LogP) is 4.63. The van der Waals surface area contributed by atoms with Crippen molar-refractivity contribution in [1.82, 2.24) is 0 Å². The molecule has 2 aliphatic rings. The summed E-state index contributed by atoms with van der Waals surface area (Å²) in [5.74, 6) is 1.19. The Kier molecular flexibility index (Phi) is 5.06. The van der Waals surface area contributed by atoms with Crippen molar-refractivity contribution in [2.24, 2.45) is 11.8 Å². The summed E-state index contributed by atoms with van der Waals surface area (Å²) in [6.45, 7) is 5.78. The van der Waals surface area contributed by atoms with Gasteiger partial charge in [0.1, 0.15) is 5.60 Å². The largest absolute Gasteiger partial charge is 0.456 e. The van der Waals surface area contributed by atoms with E-state index >= 15 is 0 Å². The summed E-state index contributed by atoms with van der Waals surface area (Å²) in [5.41, 5.74) is -0.161. The van der Waals surface area contributed by atoms with Gasteiger partial charge in [0.15, 0.2) is 0 Å². The summed E-state index contributed by atoms with van der Waals surface area (Å²) in [7, 11) is 0. The third-order valence-electron chi connectivity index (χ3n) is 5.20. The second-order valence-electron chi connectivity index (χ2n) is 6.34. The Bertz CT molecular complexity index is 323. The van der Waals surface area contributed by atoms with Crippen molar-refractivity contribution in [2.45, 2.75) is 76.7 Å². The fourth-order valence-corrected chi connectivity index (χ4v) is 4.27. The zero-order chi connectivity index (χ0) is 13.7. The van der Waals surface area contributed by atoms with Gasteiger partial charge in [0.25, 0.3) is 0 Å². The second kappa shape index (κ2) is 6.58. The van der Waals surface area contributed by atoms with Crippen LogP contribution < -0.4 is 0 Å². The lowest BCUT2D eigenvalue weighted by molar-refractivity contribution is -0.161. The number of carbonyl (C=O) groups excluding carboxylic acids is 1. The molecule has 0 aromatic carbocycles. The van der Waals surface area contributed by atoms with Gasteiger partial charge in [-0.1, -0.05) is 45.6 Å². The van der Waals surface area contributed by atoms with Crippen LogP contribution in [0.5, 0.6) is 0 Å². The lowest BCUT2D eigenvalue weighted by Crippen LogP contribution is -2.41. The minimum atomic E-state index is -0.220. The Morgan fingerprint density at radius 3 is 2.84 bits per heavy atom. The highest BCUT2D eigenvalue weighted by Crippen LogP contribution is 2.52. The minimum Gasteiger partial charge on any atom is -0.456 e. The van der Waals surface area contributed by atoms with Gasteiger partial charge in [0.05, 0.1) is 0 Å². The fourth-order valence-electron chi connectivity index (χ4n) is 4.27. The number of carbonyl (C=O) groups is 1. The monoisotopic (exact) mass is 264 g/mol. The van der Waals surface area contributed by atoms with Crippen LogP contribution >= 0.6 is 0 Å². The maximum absolute atomic E-state index is 11.7. The van der Waals surface area contributed by atoms with Crippen LogP contribution in [-0.2, 0) is 9.53 Å². The first-order valence-electron chi connectivity index (χ1n) is 8.07. The van der Waals surface area contributed by atoms with E-state index in [1.54, 1.807) is 0 Å². The van der Waals surface area contributed by atoms with E-state index < -0.39 is 0 Å². The molecular weight excluding hydrogens is 236 g/mol. The molecule has 0 aromatic rings. The SMILES string of the molecule is C=CC(=O)OC1(CCCCC)CCC2CCCCC21. The van der Waals surface area contributed by atoms with Crippen LogP contribution in [0, 0.1) is 11.8 Å². The molecule has 19 heavy (non-hydrogen) atoms. The minimum absolute atomic E-state index is 0.161. The van der Waals surface area contributed by atoms with Crippen molar-refractivity contribution in [3.05, 3.63) is 12.7 Å². The van der Waals surface area contributed by atoms with E-state index in [1.807, 2.05) is 0 Å². The van der Waals surface area contributed by atoms with Gasteiger partial charge >= 0.3 is 5.97 Å². The van der Waals surface area contributed by atoms with E-state index in [-0.39, 0.29) is 11.6 Å². The number of rotatable bonds is 6. The Labute approximate surface area is 117 Å². The zero-order valence-corrected chi connectivity index (χ0v) is 12.3. The molecule has 0 aliphatic heterocycles. The number of hydrogen-bond acceptors (Lipinski definition) is 2. The van der Waals surface area contributed by atoms with Gasteiger partial charge in [-0.15, -0.1) is 0 Å². The van der Waals surface area contributed by atoms with E-state index in [0.29, 0.717) is 5.92 Å². The molecule has 2 heteroatoms. The van der Waals surface area contributed by atoms with Gasteiger partial charge in [0, 0.05) is 12.0 Å². The average Bonchev–Trinajstić information content (AvgIpc) is 2.79. The maximum atomic E-state index is 11.7. The summed E-state index contributed by atoms with van der Waals surface area (Å²) in [5, 5.41) is 0. The molecule has 108 valence electrons. The first-order chi connectivity index (χ1) is 9.22. The lowest BCUT2D eigenvalue weighted by Gasteiger charge is -2.39. The number of unbranched alkanes of at least 4 members (excludes halogenated alkanes) is 2.